The van der Waals surface area contributed by atoms with E-state index in [1.807, 2.05) is 42.8 Å². The van der Waals surface area contributed by atoms with Gasteiger partial charge >= 0.3 is 0 Å². The van der Waals surface area contributed by atoms with Gasteiger partial charge in [-0.25, -0.2) is 4.98 Å². The number of aromatic amines is 1. The first-order chi connectivity index (χ1) is 15.0. The maximum absolute atomic E-state index is 12.8. The van der Waals surface area contributed by atoms with Crippen molar-refractivity contribution in [3.05, 3.63) is 52.1 Å². The molecule has 1 aliphatic heterocycles. The summed E-state index contributed by atoms with van der Waals surface area (Å²) in [6.07, 6.45) is 1.51. The van der Waals surface area contributed by atoms with Crippen LogP contribution in [0.4, 0.5) is 0 Å². The van der Waals surface area contributed by atoms with Crippen LogP contribution in [0.3, 0.4) is 0 Å². The number of rotatable bonds is 4. The third-order valence-corrected chi connectivity index (χ3v) is 5.97. The van der Waals surface area contributed by atoms with E-state index in [0.717, 1.165) is 38.8 Å². The fraction of sp³-hybridized carbons (Fsp3) is 0.348. The Bertz CT molecular complexity index is 1360. The van der Waals surface area contributed by atoms with Gasteiger partial charge in [-0.3, -0.25) is 9.48 Å². The molecule has 0 radical (unpaired) electrons. The van der Waals surface area contributed by atoms with Crippen LogP contribution in [0, 0.1) is 13.8 Å². The Kier molecular flexibility index (Phi) is 4.75. The SMILES string of the molecule is COc1nc(C)cc(C)c1-c1ccc2c(c1)[nH]c(=O)c1cnn(C3COCC3OC)c12. The molecular formula is C23H24N4O4. The minimum atomic E-state index is -0.176. The van der Waals surface area contributed by atoms with Crippen molar-refractivity contribution in [1.82, 2.24) is 19.7 Å². The number of nitrogens with one attached hydrogen (secondary N) is 1. The Morgan fingerprint density at radius 1 is 1.16 bits per heavy atom. The molecule has 31 heavy (non-hydrogen) atoms. The topological polar surface area (TPSA) is 91.3 Å². The molecule has 1 fully saturated rings. The summed E-state index contributed by atoms with van der Waals surface area (Å²) in [6, 6.07) is 7.94. The third-order valence-electron chi connectivity index (χ3n) is 5.97. The summed E-state index contributed by atoms with van der Waals surface area (Å²) in [5, 5.41) is 5.99. The highest BCUT2D eigenvalue weighted by Gasteiger charge is 2.32. The van der Waals surface area contributed by atoms with Crippen molar-refractivity contribution in [3.8, 4) is 17.0 Å². The summed E-state index contributed by atoms with van der Waals surface area (Å²) in [7, 11) is 3.28. The second-order valence-corrected chi connectivity index (χ2v) is 7.91. The van der Waals surface area contributed by atoms with Gasteiger partial charge in [-0.2, -0.15) is 5.10 Å². The van der Waals surface area contributed by atoms with Crippen molar-refractivity contribution in [2.45, 2.75) is 26.0 Å². The van der Waals surface area contributed by atoms with E-state index in [0.29, 0.717) is 24.5 Å². The molecule has 3 aromatic heterocycles. The van der Waals surface area contributed by atoms with Crippen molar-refractivity contribution in [3.63, 3.8) is 0 Å². The molecule has 0 aliphatic carbocycles. The molecule has 0 spiro atoms. The summed E-state index contributed by atoms with van der Waals surface area (Å²) < 4.78 is 18.6. The molecule has 8 nitrogen and oxygen atoms in total. The predicted molar refractivity (Wildman–Crippen MR) is 118 cm³/mol. The number of methoxy groups -OCH3 is 2. The standard InChI is InChI=1S/C23H24N4O4/c1-12-7-13(2)25-23(30-4)20(12)14-5-6-15-17(8-14)26-22(28)16-9-24-27(21(15)16)18-10-31-11-19(18)29-3/h5-9,18-19H,10-11H2,1-4H3,(H,26,28). The van der Waals surface area contributed by atoms with Crippen LogP contribution in [0.25, 0.3) is 32.9 Å². The molecule has 0 amide bonds. The average Bonchev–Trinajstić information content (AvgIpc) is 3.39. The van der Waals surface area contributed by atoms with Crippen LogP contribution in [-0.4, -0.2) is 53.3 Å². The lowest BCUT2D eigenvalue weighted by Crippen LogP contribution is -2.25. The molecule has 1 N–H and O–H groups in total. The van der Waals surface area contributed by atoms with Crippen LogP contribution >= 0.6 is 0 Å². The molecule has 1 saturated heterocycles. The van der Waals surface area contributed by atoms with Gasteiger partial charge in [0, 0.05) is 23.8 Å². The number of fused-ring (bicyclic) bond motifs is 3. The molecule has 2 unspecified atom stereocenters. The van der Waals surface area contributed by atoms with Gasteiger partial charge in [0.05, 0.1) is 42.9 Å². The second kappa shape index (κ2) is 7.47. The minimum Gasteiger partial charge on any atom is -0.481 e. The Labute approximate surface area is 178 Å². The van der Waals surface area contributed by atoms with Crippen LogP contribution in [0.1, 0.15) is 17.3 Å². The fourth-order valence-electron chi connectivity index (χ4n) is 4.53. The summed E-state index contributed by atoms with van der Waals surface area (Å²) in [5.41, 5.74) is 5.12. The van der Waals surface area contributed by atoms with Gasteiger partial charge in [0.2, 0.25) is 5.88 Å². The van der Waals surface area contributed by atoms with Crippen LogP contribution in [0.2, 0.25) is 0 Å². The number of aromatic nitrogens is 4. The molecule has 1 aromatic carbocycles. The van der Waals surface area contributed by atoms with E-state index in [-0.39, 0.29) is 17.7 Å². The monoisotopic (exact) mass is 420 g/mol. The first-order valence-electron chi connectivity index (χ1n) is 10.2. The zero-order chi connectivity index (χ0) is 21.7. The van der Waals surface area contributed by atoms with Gasteiger partial charge in [-0.15, -0.1) is 0 Å². The molecule has 0 saturated carbocycles. The first-order valence-corrected chi connectivity index (χ1v) is 10.2. The lowest BCUT2D eigenvalue weighted by atomic mass is 9.99. The summed E-state index contributed by atoms with van der Waals surface area (Å²) >= 11 is 0. The van der Waals surface area contributed by atoms with E-state index in [4.69, 9.17) is 14.2 Å². The van der Waals surface area contributed by atoms with Gasteiger partial charge in [-0.05, 0) is 37.1 Å². The van der Waals surface area contributed by atoms with Crippen molar-refractivity contribution in [2.24, 2.45) is 0 Å². The lowest BCUT2D eigenvalue weighted by Gasteiger charge is -2.18. The zero-order valence-corrected chi connectivity index (χ0v) is 17.9. The van der Waals surface area contributed by atoms with E-state index in [1.165, 1.54) is 0 Å². The molecule has 4 heterocycles. The molecule has 8 heteroatoms. The number of aryl methyl sites for hydroxylation is 2. The fourth-order valence-corrected chi connectivity index (χ4v) is 4.53. The van der Waals surface area contributed by atoms with Crippen molar-refractivity contribution in [2.75, 3.05) is 27.4 Å². The van der Waals surface area contributed by atoms with Crippen molar-refractivity contribution in [1.29, 1.82) is 0 Å². The first kappa shape index (κ1) is 19.7. The molecule has 0 bridgehead atoms. The van der Waals surface area contributed by atoms with Crippen LogP contribution in [0.5, 0.6) is 5.88 Å². The number of nitrogens with zero attached hydrogens (tertiary/aromatic N) is 3. The second-order valence-electron chi connectivity index (χ2n) is 7.91. The Balaban J connectivity index is 1.74. The summed E-state index contributed by atoms with van der Waals surface area (Å²) in [6.45, 7) is 4.97. The number of pyridine rings is 2. The largest absolute Gasteiger partial charge is 0.481 e. The van der Waals surface area contributed by atoms with Gasteiger partial charge < -0.3 is 19.2 Å². The highest BCUT2D eigenvalue weighted by molar-refractivity contribution is 6.04. The van der Waals surface area contributed by atoms with Crippen LogP contribution in [0.15, 0.2) is 35.3 Å². The van der Waals surface area contributed by atoms with E-state index < -0.39 is 0 Å². The molecule has 4 aromatic rings. The predicted octanol–water partition coefficient (Wildman–Crippen LogP) is 3.15. The minimum absolute atomic E-state index is 0.0872. The molecule has 1 aliphatic rings. The molecule has 2 atom stereocenters. The molecule has 5 rings (SSSR count). The number of hydrogen-bond acceptors (Lipinski definition) is 6. The van der Waals surface area contributed by atoms with Crippen molar-refractivity contribution >= 4 is 21.8 Å². The van der Waals surface area contributed by atoms with E-state index in [2.05, 4.69) is 15.1 Å². The molecule has 160 valence electrons. The Morgan fingerprint density at radius 3 is 2.77 bits per heavy atom. The highest BCUT2D eigenvalue weighted by Crippen LogP contribution is 2.35. The Hall–Kier alpha value is -3.23. The summed E-state index contributed by atoms with van der Waals surface area (Å²) in [4.78, 5) is 20.4. The Morgan fingerprint density at radius 2 is 2.00 bits per heavy atom. The number of hydrogen-bond donors (Lipinski definition) is 1. The highest BCUT2D eigenvalue weighted by atomic mass is 16.5. The summed E-state index contributed by atoms with van der Waals surface area (Å²) in [5.74, 6) is 0.566. The van der Waals surface area contributed by atoms with Gasteiger partial charge in [0.15, 0.2) is 0 Å². The van der Waals surface area contributed by atoms with Gasteiger partial charge in [0.1, 0.15) is 12.1 Å². The van der Waals surface area contributed by atoms with E-state index in [9.17, 15) is 4.79 Å². The maximum Gasteiger partial charge on any atom is 0.259 e. The quantitative estimate of drug-likeness (QED) is 0.545. The number of H-pyrrole nitrogens is 1. The number of benzene rings is 1. The molecular weight excluding hydrogens is 396 g/mol. The van der Waals surface area contributed by atoms with E-state index >= 15 is 0 Å². The zero-order valence-electron chi connectivity index (χ0n) is 17.9. The lowest BCUT2D eigenvalue weighted by molar-refractivity contribution is 0.0673. The normalized spacial score (nSPS) is 18.8. The van der Waals surface area contributed by atoms with Gasteiger partial charge in [0.25, 0.3) is 5.56 Å². The maximum atomic E-state index is 12.8. The number of ether oxygens (including phenoxy) is 3. The van der Waals surface area contributed by atoms with Crippen molar-refractivity contribution < 1.29 is 14.2 Å². The third kappa shape index (κ3) is 3.10. The van der Waals surface area contributed by atoms with Gasteiger partial charge in [-0.1, -0.05) is 12.1 Å². The van der Waals surface area contributed by atoms with Crippen LogP contribution < -0.4 is 10.3 Å². The average molecular weight is 420 g/mol. The van der Waals surface area contributed by atoms with Crippen LogP contribution in [-0.2, 0) is 9.47 Å². The smallest absolute Gasteiger partial charge is 0.259 e. The van der Waals surface area contributed by atoms with E-state index in [1.54, 1.807) is 20.4 Å².